The molecule has 0 aliphatic carbocycles. The highest BCUT2D eigenvalue weighted by Crippen LogP contribution is 2.29. The predicted molar refractivity (Wildman–Crippen MR) is 117 cm³/mol. The van der Waals surface area contributed by atoms with Crippen molar-refractivity contribution in [1.29, 1.82) is 0 Å². The predicted octanol–water partition coefficient (Wildman–Crippen LogP) is 5.60. The summed E-state index contributed by atoms with van der Waals surface area (Å²) < 4.78 is 38.4. The van der Waals surface area contributed by atoms with E-state index in [1.54, 1.807) is 17.0 Å². The second-order valence-corrected chi connectivity index (χ2v) is 7.59. The Morgan fingerprint density at radius 2 is 1.58 bits per heavy atom. The molecule has 0 aliphatic heterocycles. The smallest absolute Gasteiger partial charge is 0.316 e. The molecule has 0 saturated carbocycles. The maximum atomic E-state index is 13.3. The minimum atomic E-state index is -4.37. The lowest BCUT2D eigenvalue weighted by Crippen LogP contribution is -2.40. The molecule has 0 unspecified atom stereocenters. The van der Waals surface area contributed by atoms with Crippen LogP contribution in [0.25, 0.3) is 0 Å². The second kappa shape index (κ2) is 9.35. The first-order chi connectivity index (χ1) is 14.7. The molecule has 3 rings (SSSR count). The van der Waals surface area contributed by atoms with Crippen molar-refractivity contribution in [2.45, 2.75) is 32.5 Å². The molecule has 0 radical (unpaired) electrons. The number of rotatable bonds is 6. The Morgan fingerprint density at radius 3 is 2.16 bits per heavy atom. The number of amides is 1. The zero-order valence-electron chi connectivity index (χ0n) is 17.5. The Morgan fingerprint density at radius 1 is 0.935 bits per heavy atom. The third kappa shape index (κ3) is 5.52. The van der Waals surface area contributed by atoms with Gasteiger partial charge in [-0.05, 0) is 66.8 Å². The van der Waals surface area contributed by atoms with Gasteiger partial charge in [-0.15, -0.1) is 0 Å². The molecular weight excluding hydrogens is 401 g/mol. The minimum Gasteiger partial charge on any atom is -0.316 e. The Labute approximate surface area is 180 Å². The van der Waals surface area contributed by atoms with Gasteiger partial charge in [0.05, 0.1) is 5.56 Å². The quantitative estimate of drug-likeness (QED) is 0.558. The second-order valence-electron chi connectivity index (χ2n) is 7.59. The first kappa shape index (κ1) is 22.6. The van der Waals surface area contributed by atoms with Crippen LogP contribution in [0.5, 0.6) is 0 Å². The van der Waals surface area contributed by atoms with Crippen molar-refractivity contribution in [2.75, 3.05) is 11.4 Å². The van der Waals surface area contributed by atoms with Crippen LogP contribution in [-0.4, -0.2) is 12.5 Å². The number of nitrogens with zero attached hydrogens (tertiary/aromatic N) is 1. The molecule has 0 bridgehead atoms. The van der Waals surface area contributed by atoms with Gasteiger partial charge in [0.15, 0.2) is 0 Å². The van der Waals surface area contributed by atoms with Crippen LogP contribution in [0, 0.1) is 13.8 Å². The van der Waals surface area contributed by atoms with Crippen molar-refractivity contribution in [3.8, 4) is 0 Å². The van der Waals surface area contributed by atoms with E-state index in [0.29, 0.717) is 29.8 Å². The highest BCUT2D eigenvalue weighted by atomic mass is 19.4. The number of benzene rings is 3. The van der Waals surface area contributed by atoms with Crippen molar-refractivity contribution >= 4 is 11.6 Å². The van der Waals surface area contributed by atoms with E-state index in [2.05, 4.69) is 0 Å². The van der Waals surface area contributed by atoms with Crippen molar-refractivity contribution in [1.82, 2.24) is 0 Å². The third-order valence-electron chi connectivity index (χ3n) is 5.40. The van der Waals surface area contributed by atoms with Gasteiger partial charge >= 0.3 is 6.18 Å². The molecule has 2 N–H and O–H groups in total. The fraction of sp³-hybridized carbons (Fsp3) is 0.240. The van der Waals surface area contributed by atoms with Gasteiger partial charge in [0.25, 0.3) is 0 Å². The summed E-state index contributed by atoms with van der Waals surface area (Å²) in [4.78, 5) is 14.9. The summed E-state index contributed by atoms with van der Waals surface area (Å²) in [5.74, 6) is -0.263. The molecule has 0 spiro atoms. The molecule has 0 saturated heterocycles. The Kier molecular flexibility index (Phi) is 6.81. The van der Waals surface area contributed by atoms with Gasteiger partial charge in [0.2, 0.25) is 5.91 Å². The molecule has 1 amide bonds. The fourth-order valence-corrected chi connectivity index (χ4v) is 3.33. The lowest BCUT2D eigenvalue weighted by atomic mass is 10.0. The topological polar surface area (TPSA) is 46.3 Å². The third-order valence-corrected chi connectivity index (χ3v) is 5.40. The zero-order valence-corrected chi connectivity index (χ0v) is 17.5. The van der Waals surface area contributed by atoms with Crippen molar-refractivity contribution in [3.05, 3.63) is 101 Å². The number of carbonyl (C=O) groups excluding carboxylic acids is 1. The standard InChI is InChI=1S/C25H25F3N2O/c1-17-8-13-22(16-18(17)2)30(24(31)23(29)20-6-4-3-5-7-20)15-14-19-9-11-21(12-10-19)25(26,27)28/h3-13,16,23H,14-15,29H2,1-2H3/t23-/m0/s1. The normalized spacial score (nSPS) is 12.5. The molecule has 0 aromatic heterocycles. The van der Waals surface area contributed by atoms with E-state index in [1.807, 2.05) is 50.2 Å². The van der Waals surface area contributed by atoms with E-state index >= 15 is 0 Å². The average molecular weight is 426 g/mol. The number of hydrogen-bond acceptors (Lipinski definition) is 2. The molecule has 3 aromatic carbocycles. The van der Waals surface area contributed by atoms with Crippen LogP contribution in [0.2, 0.25) is 0 Å². The molecule has 3 aromatic rings. The lowest BCUT2D eigenvalue weighted by Gasteiger charge is -2.27. The monoisotopic (exact) mass is 426 g/mol. The van der Waals surface area contributed by atoms with Crippen LogP contribution in [0.4, 0.5) is 18.9 Å². The molecule has 3 nitrogen and oxygen atoms in total. The highest BCUT2D eigenvalue weighted by Gasteiger charge is 2.30. The Balaban J connectivity index is 1.85. The molecule has 6 heteroatoms. The summed E-state index contributed by atoms with van der Waals surface area (Å²) in [5.41, 5.74) is 9.85. The van der Waals surface area contributed by atoms with Crippen molar-refractivity contribution in [3.63, 3.8) is 0 Å². The lowest BCUT2D eigenvalue weighted by molar-refractivity contribution is -0.137. The van der Waals surface area contributed by atoms with E-state index in [9.17, 15) is 18.0 Å². The Bertz CT molecular complexity index is 1030. The van der Waals surface area contributed by atoms with Gasteiger partial charge in [0.1, 0.15) is 6.04 Å². The summed E-state index contributed by atoms with van der Waals surface area (Å²) in [6, 6.07) is 19.0. The van der Waals surface area contributed by atoms with Gasteiger partial charge in [-0.2, -0.15) is 13.2 Å². The summed E-state index contributed by atoms with van der Waals surface area (Å²) in [6.45, 7) is 4.25. The van der Waals surface area contributed by atoms with Crippen molar-refractivity contribution in [2.24, 2.45) is 5.73 Å². The molecule has 31 heavy (non-hydrogen) atoms. The fourth-order valence-electron chi connectivity index (χ4n) is 3.33. The van der Waals surface area contributed by atoms with Crippen LogP contribution >= 0.6 is 0 Å². The molecule has 162 valence electrons. The van der Waals surface area contributed by atoms with Crippen LogP contribution in [0.1, 0.15) is 33.9 Å². The maximum absolute atomic E-state index is 13.3. The number of aryl methyl sites for hydroxylation is 2. The van der Waals surface area contributed by atoms with Gasteiger partial charge in [-0.25, -0.2) is 0 Å². The highest BCUT2D eigenvalue weighted by molar-refractivity contribution is 5.97. The van der Waals surface area contributed by atoms with Gasteiger partial charge in [-0.3, -0.25) is 4.79 Å². The van der Waals surface area contributed by atoms with Crippen LogP contribution in [0.3, 0.4) is 0 Å². The van der Waals surface area contributed by atoms with Crippen LogP contribution < -0.4 is 10.6 Å². The van der Waals surface area contributed by atoms with E-state index in [0.717, 1.165) is 23.3 Å². The number of halogens is 3. The van der Waals surface area contributed by atoms with Gasteiger partial charge in [-0.1, -0.05) is 48.5 Å². The van der Waals surface area contributed by atoms with Crippen LogP contribution in [0.15, 0.2) is 72.8 Å². The molecule has 0 fully saturated rings. The summed E-state index contributed by atoms with van der Waals surface area (Å²) in [7, 11) is 0. The molecule has 0 heterocycles. The molecular formula is C25H25F3N2O. The summed E-state index contributed by atoms with van der Waals surface area (Å²) in [6.07, 6.45) is -3.97. The van der Waals surface area contributed by atoms with E-state index < -0.39 is 17.8 Å². The number of alkyl halides is 3. The zero-order chi connectivity index (χ0) is 22.6. The largest absolute Gasteiger partial charge is 0.416 e. The van der Waals surface area contributed by atoms with E-state index in [4.69, 9.17) is 5.73 Å². The van der Waals surface area contributed by atoms with Gasteiger partial charge < -0.3 is 10.6 Å². The molecule has 1 atom stereocenters. The molecule has 0 aliphatic rings. The number of carbonyl (C=O) groups is 1. The van der Waals surface area contributed by atoms with Crippen LogP contribution in [-0.2, 0) is 17.4 Å². The first-order valence-electron chi connectivity index (χ1n) is 10.0. The number of nitrogens with two attached hydrogens (primary N) is 1. The van der Waals surface area contributed by atoms with E-state index in [1.165, 1.54) is 12.1 Å². The van der Waals surface area contributed by atoms with Crippen molar-refractivity contribution < 1.29 is 18.0 Å². The summed E-state index contributed by atoms with van der Waals surface area (Å²) in [5, 5.41) is 0. The summed E-state index contributed by atoms with van der Waals surface area (Å²) >= 11 is 0. The Hall–Kier alpha value is -3.12. The first-order valence-corrected chi connectivity index (χ1v) is 10.0. The SMILES string of the molecule is Cc1ccc(N(CCc2ccc(C(F)(F)F)cc2)C(=O)[C@@H](N)c2ccccc2)cc1C. The minimum absolute atomic E-state index is 0.263. The number of anilines is 1. The van der Waals surface area contributed by atoms with E-state index in [-0.39, 0.29) is 5.91 Å². The average Bonchev–Trinajstić information content (AvgIpc) is 2.76. The number of hydrogen-bond donors (Lipinski definition) is 1. The maximum Gasteiger partial charge on any atom is 0.416 e. The van der Waals surface area contributed by atoms with Gasteiger partial charge in [0, 0.05) is 12.2 Å².